The average molecular weight is 398 g/mol. The Labute approximate surface area is 170 Å². The van der Waals surface area contributed by atoms with Crippen LogP contribution in [0.5, 0.6) is 5.75 Å². The van der Waals surface area contributed by atoms with Crippen LogP contribution in [0.3, 0.4) is 0 Å². The van der Waals surface area contributed by atoms with Crippen molar-refractivity contribution < 1.29 is 23.9 Å². The molecular formula is C22H26N2O5. The predicted molar refractivity (Wildman–Crippen MR) is 109 cm³/mol. The fourth-order valence-corrected chi connectivity index (χ4v) is 2.37. The predicted octanol–water partition coefficient (Wildman–Crippen LogP) is 3.22. The maximum atomic E-state index is 12.1. The zero-order chi connectivity index (χ0) is 21.2. The van der Waals surface area contributed by atoms with Crippen LogP contribution in [0.4, 0.5) is 0 Å². The Morgan fingerprint density at radius 2 is 1.52 bits per heavy atom. The first-order valence-electron chi connectivity index (χ1n) is 9.49. The number of hydrogen-bond donors (Lipinski definition) is 2. The molecule has 0 saturated heterocycles. The van der Waals surface area contributed by atoms with Crippen molar-refractivity contribution >= 4 is 17.8 Å². The molecule has 0 aliphatic carbocycles. The zero-order valence-electron chi connectivity index (χ0n) is 16.9. The van der Waals surface area contributed by atoms with Gasteiger partial charge in [0.1, 0.15) is 5.75 Å². The van der Waals surface area contributed by atoms with E-state index in [0.717, 1.165) is 12.0 Å². The second-order valence-electron chi connectivity index (χ2n) is 6.73. The Kier molecular flexibility index (Phi) is 8.21. The molecule has 0 unspecified atom stereocenters. The number of benzene rings is 2. The highest BCUT2D eigenvalue weighted by Crippen LogP contribution is 2.15. The zero-order valence-corrected chi connectivity index (χ0v) is 16.9. The lowest BCUT2D eigenvalue weighted by molar-refractivity contribution is -0.123. The molecule has 0 spiro atoms. The van der Waals surface area contributed by atoms with Crippen LogP contribution in [-0.4, -0.2) is 31.0 Å². The summed E-state index contributed by atoms with van der Waals surface area (Å²) in [7, 11) is 0. The molecule has 0 aliphatic rings. The van der Waals surface area contributed by atoms with Crippen molar-refractivity contribution in [2.24, 2.45) is 0 Å². The summed E-state index contributed by atoms with van der Waals surface area (Å²) in [6, 6.07) is 13.5. The van der Waals surface area contributed by atoms with Crippen molar-refractivity contribution in [3.63, 3.8) is 0 Å². The monoisotopic (exact) mass is 398 g/mol. The van der Waals surface area contributed by atoms with Gasteiger partial charge in [-0.15, -0.1) is 0 Å². The van der Waals surface area contributed by atoms with E-state index in [9.17, 15) is 14.4 Å². The molecular weight excluding hydrogens is 372 g/mol. The largest absolute Gasteiger partial charge is 0.484 e. The van der Waals surface area contributed by atoms with Crippen molar-refractivity contribution in [3.05, 3.63) is 65.2 Å². The van der Waals surface area contributed by atoms with Crippen LogP contribution in [0.2, 0.25) is 0 Å². The highest BCUT2D eigenvalue weighted by atomic mass is 16.5. The third kappa shape index (κ3) is 6.95. The third-order valence-corrected chi connectivity index (χ3v) is 4.05. The van der Waals surface area contributed by atoms with Gasteiger partial charge in [0, 0.05) is 5.56 Å². The molecule has 0 radical (unpaired) electrons. The summed E-state index contributed by atoms with van der Waals surface area (Å²) in [5, 5.41) is 0. The Balaban J connectivity index is 1.76. The quantitative estimate of drug-likeness (QED) is 0.526. The van der Waals surface area contributed by atoms with Gasteiger partial charge in [-0.2, -0.15) is 0 Å². The van der Waals surface area contributed by atoms with Gasteiger partial charge in [0.05, 0.1) is 12.2 Å². The van der Waals surface area contributed by atoms with E-state index in [2.05, 4.69) is 24.7 Å². The van der Waals surface area contributed by atoms with Gasteiger partial charge in [0.2, 0.25) is 0 Å². The summed E-state index contributed by atoms with van der Waals surface area (Å²) in [5.74, 6) is -0.532. The summed E-state index contributed by atoms with van der Waals surface area (Å²) >= 11 is 0. The van der Waals surface area contributed by atoms with Crippen molar-refractivity contribution in [2.45, 2.75) is 33.1 Å². The van der Waals surface area contributed by atoms with Gasteiger partial charge in [0.15, 0.2) is 6.61 Å². The Morgan fingerprint density at radius 3 is 2.10 bits per heavy atom. The maximum absolute atomic E-state index is 12.1. The number of nitrogens with one attached hydrogen (secondary N) is 2. The first-order chi connectivity index (χ1) is 13.9. The first kappa shape index (κ1) is 21.9. The molecule has 7 heteroatoms. The minimum absolute atomic E-state index is 0.286. The molecule has 0 fully saturated rings. The van der Waals surface area contributed by atoms with Gasteiger partial charge < -0.3 is 9.47 Å². The van der Waals surface area contributed by atoms with Gasteiger partial charge in [0.25, 0.3) is 11.8 Å². The molecule has 2 aromatic rings. The number of hydrogen-bond acceptors (Lipinski definition) is 5. The summed E-state index contributed by atoms with van der Waals surface area (Å²) in [6.07, 6.45) is 0.752. The van der Waals surface area contributed by atoms with Crippen molar-refractivity contribution in [3.8, 4) is 5.75 Å². The Morgan fingerprint density at radius 1 is 0.897 bits per heavy atom. The molecule has 2 rings (SSSR count). The topological polar surface area (TPSA) is 93.7 Å². The van der Waals surface area contributed by atoms with Crippen molar-refractivity contribution in [2.75, 3.05) is 13.2 Å². The minimum Gasteiger partial charge on any atom is -0.484 e. The van der Waals surface area contributed by atoms with Gasteiger partial charge in [-0.05, 0) is 54.3 Å². The first-order valence-corrected chi connectivity index (χ1v) is 9.49. The van der Waals surface area contributed by atoms with E-state index in [0.29, 0.717) is 29.4 Å². The number of carbonyl (C=O) groups excluding carboxylic acids is 3. The van der Waals surface area contributed by atoms with Crippen molar-refractivity contribution in [1.29, 1.82) is 0 Å². The molecule has 0 aliphatic heterocycles. The van der Waals surface area contributed by atoms with Crippen LogP contribution in [0.15, 0.2) is 48.5 Å². The molecule has 0 bridgehead atoms. The molecule has 154 valence electrons. The second kappa shape index (κ2) is 10.8. The summed E-state index contributed by atoms with van der Waals surface area (Å²) in [5.41, 5.74) is 6.63. The Hall–Kier alpha value is -3.35. The number of ether oxygens (including phenoxy) is 2. The number of esters is 1. The van der Waals surface area contributed by atoms with Gasteiger partial charge in [-0.3, -0.25) is 20.4 Å². The van der Waals surface area contributed by atoms with E-state index in [-0.39, 0.29) is 6.61 Å². The van der Waals surface area contributed by atoms with Gasteiger partial charge >= 0.3 is 5.97 Å². The van der Waals surface area contributed by atoms with Crippen LogP contribution >= 0.6 is 0 Å². The van der Waals surface area contributed by atoms with E-state index < -0.39 is 17.8 Å². The molecule has 2 aromatic carbocycles. The fraction of sp³-hybridized carbons (Fsp3) is 0.318. The van der Waals surface area contributed by atoms with E-state index in [4.69, 9.17) is 9.47 Å². The molecule has 29 heavy (non-hydrogen) atoms. The number of carbonyl (C=O) groups is 3. The SMILES string of the molecule is CCCOC(=O)c1ccc(OCC(=O)NNC(=O)c2ccc(C(C)C)cc2)cc1. The van der Waals surface area contributed by atoms with E-state index in [1.807, 2.05) is 19.1 Å². The van der Waals surface area contributed by atoms with Crippen LogP contribution < -0.4 is 15.6 Å². The molecule has 0 aromatic heterocycles. The van der Waals surface area contributed by atoms with Crippen LogP contribution in [-0.2, 0) is 9.53 Å². The molecule has 7 nitrogen and oxygen atoms in total. The average Bonchev–Trinajstić information content (AvgIpc) is 2.74. The molecule has 0 heterocycles. The van der Waals surface area contributed by atoms with Crippen LogP contribution in [0, 0.1) is 0 Å². The van der Waals surface area contributed by atoms with E-state index in [1.165, 1.54) is 0 Å². The molecule has 2 amide bonds. The summed E-state index contributed by atoms with van der Waals surface area (Å²) in [4.78, 5) is 35.7. The van der Waals surface area contributed by atoms with Crippen LogP contribution in [0.1, 0.15) is 59.4 Å². The van der Waals surface area contributed by atoms with E-state index in [1.54, 1.807) is 36.4 Å². The maximum Gasteiger partial charge on any atom is 0.338 e. The minimum atomic E-state index is -0.511. The lowest BCUT2D eigenvalue weighted by Crippen LogP contribution is -2.43. The second-order valence-corrected chi connectivity index (χ2v) is 6.73. The number of amides is 2. The number of rotatable bonds is 8. The fourth-order valence-electron chi connectivity index (χ4n) is 2.37. The molecule has 2 N–H and O–H groups in total. The van der Waals surface area contributed by atoms with E-state index >= 15 is 0 Å². The lowest BCUT2D eigenvalue weighted by atomic mass is 10.0. The van der Waals surface area contributed by atoms with Gasteiger partial charge in [-0.25, -0.2) is 4.79 Å². The van der Waals surface area contributed by atoms with Crippen LogP contribution in [0.25, 0.3) is 0 Å². The summed E-state index contributed by atoms with van der Waals surface area (Å²) < 4.78 is 10.4. The highest BCUT2D eigenvalue weighted by molar-refractivity contribution is 5.95. The summed E-state index contributed by atoms with van der Waals surface area (Å²) in [6.45, 7) is 6.14. The van der Waals surface area contributed by atoms with Crippen molar-refractivity contribution in [1.82, 2.24) is 10.9 Å². The molecule has 0 atom stereocenters. The standard InChI is InChI=1S/C22H26N2O5/c1-4-13-28-22(27)18-9-11-19(12-10-18)29-14-20(25)23-24-21(26)17-7-5-16(6-8-17)15(2)3/h5-12,15H,4,13-14H2,1-3H3,(H,23,25)(H,24,26). The smallest absolute Gasteiger partial charge is 0.338 e. The normalized spacial score (nSPS) is 10.3. The third-order valence-electron chi connectivity index (χ3n) is 4.05. The van der Waals surface area contributed by atoms with Gasteiger partial charge in [-0.1, -0.05) is 32.9 Å². The lowest BCUT2D eigenvalue weighted by Gasteiger charge is -2.10. The Bertz CT molecular complexity index is 829. The highest BCUT2D eigenvalue weighted by Gasteiger charge is 2.10. The number of hydrazine groups is 1. The molecule has 0 saturated carbocycles.